The second kappa shape index (κ2) is 9.67. The Labute approximate surface area is 163 Å². The van der Waals surface area contributed by atoms with Crippen LogP contribution in [0.15, 0.2) is 30.3 Å². The summed E-state index contributed by atoms with van der Waals surface area (Å²) in [5.41, 5.74) is 0.987. The van der Waals surface area contributed by atoms with E-state index < -0.39 is 6.10 Å². The number of aliphatic hydroxyl groups is 1. The van der Waals surface area contributed by atoms with Gasteiger partial charge in [-0.05, 0) is 63.7 Å². The number of piperidine rings is 2. The van der Waals surface area contributed by atoms with Crippen LogP contribution >= 0.6 is 0 Å². The summed E-state index contributed by atoms with van der Waals surface area (Å²) < 4.78 is 0. The fraction of sp³-hybridized carbons (Fsp3) is 0.682. The fourth-order valence-electron chi connectivity index (χ4n) is 4.52. The van der Waals surface area contributed by atoms with E-state index in [2.05, 4.69) is 17.1 Å². The third-order valence-electron chi connectivity index (χ3n) is 6.20. The van der Waals surface area contributed by atoms with Gasteiger partial charge in [-0.2, -0.15) is 0 Å². The molecule has 0 aromatic heterocycles. The van der Waals surface area contributed by atoms with Crippen LogP contribution in [0.5, 0.6) is 0 Å². The van der Waals surface area contributed by atoms with Crippen molar-refractivity contribution < 1.29 is 9.90 Å². The molecular formula is C22H35N3O2. The predicted molar refractivity (Wildman–Crippen MR) is 108 cm³/mol. The third-order valence-corrected chi connectivity index (χ3v) is 6.20. The summed E-state index contributed by atoms with van der Waals surface area (Å²) >= 11 is 0. The number of benzene rings is 1. The highest BCUT2D eigenvalue weighted by Crippen LogP contribution is 2.23. The van der Waals surface area contributed by atoms with Crippen molar-refractivity contribution in [3.8, 4) is 0 Å². The van der Waals surface area contributed by atoms with Crippen molar-refractivity contribution in [3.05, 3.63) is 35.9 Å². The minimum absolute atomic E-state index is 0.187. The summed E-state index contributed by atoms with van der Waals surface area (Å²) in [7, 11) is 1.97. The lowest BCUT2D eigenvalue weighted by Crippen LogP contribution is -2.45. The first-order valence-electron chi connectivity index (χ1n) is 10.5. The van der Waals surface area contributed by atoms with Crippen LogP contribution in [-0.4, -0.2) is 66.6 Å². The van der Waals surface area contributed by atoms with Gasteiger partial charge in [0, 0.05) is 32.1 Å². The molecule has 1 unspecified atom stereocenters. The number of aliphatic hydroxyl groups excluding tert-OH is 1. The minimum atomic E-state index is -0.422. The zero-order chi connectivity index (χ0) is 19.2. The molecule has 2 aliphatic rings. The van der Waals surface area contributed by atoms with Crippen molar-refractivity contribution >= 4 is 5.91 Å². The molecule has 5 nitrogen and oxygen atoms in total. The number of nitrogens with zero attached hydrogens (tertiary/aromatic N) is 2. The molecule has 3 rings (SSSR count). The standard InChI is InChI=1S/C22H35N3O2/c1-17-14-20(8-11-23-17)22(27)24(2)15-18-9-12-25(13-10-18)16-21(26)19-6-4-3-5-7-19/h3-7,17-18,20-21,23,26H,8-16H2,1-2H3/t17-,20-,21?/m0/s1. The fourth-order valence-corrected chi connectivity index (χ4v) is 4.52. The molecule has 150 valence electrons. The van der Waals surface area contributed by atoms with Gasteiger partial charge in [0.25, 0.3) is 0 Å². The van der Waals surface area contributed by atoms with Crippen LogP contribution in [0.2, 0.25) is 0 Å². The Hall–Kier alpha value is -1.43. The van der Waals surface area contributed by atoms with Crippen LogP contribution in [0.3, 0.4) is 0 Å². The number of β-amino-alcohol motifs (C(OH)–C–C–N with tert-alkyl or cyclic N) is 1. The maximum absolute atomic E-state index is 12.7. The van der Waals surface area contributed by atoms with Crippen LogP contribution < -0.4 is 5.32 Å². The molecule has 0 saturated carbocycles. The molecule has 5 heteroatoms. The molecule has 27 heavy (non-hydrogen) atoms. The first-order valence-corrected chi connectivity index (χ1v) is 10.5. The number of likely N-dealkylation sites (tertiary alicyclic amines) is 1. The number of carbonyl (C=O) groups excluding carboxylic acids is 1. The smallest absolute Gasteiger partial charge is 0.225 e. The van der Waals surface area contributed by atoms with Crippen LogP contribution in [0.1, 0.15) is 44.3 Å². The van der Waals surface area contributed by atoms with Crippen molar-refractivity contribution in [2.45, 2.75) is 44.8 Å². The first kappa shape index (κ1) is 20.3. The second-order valence-electron chi connectivity index (χ2n) is 8.47. The molecule has 0 spiro atoms. The number of hydrogen-bond acceptors (Lipinski definition) is 4. The van der Waals surface area contributed by atoms with Crippen LogP contribution in [0.4, 0.5) is 0 Å². The highest BCUT2D eigenvalue weighted by Gasteiger charge is 2.29. The molecule has 1 amide bonds. The highest BCUT2D eigenvalue weighted by molar-refractivity contribution is 5.78. The lowest BCUT2D eigenvalue weighted by Gasteiger charge is -2.36. The van der Waals surface area contributed by atoms with Crippen LogP contribution in [-0.2, 0) is 4.79 Å². The quantitative estimate of drug-likeness (QED) is 0.803. The van der Waals surface area contributed by atoms with Gasteiger partial charge in [-0.3, -0.25) is 4.79 Å². The lowest BCUT2D eigenvalue weighted by atomic mass is 9.91. The molecule has 2 fully saturated rings. The molecule has 2 heterocycles. The van der Waals surface area contributed by atoms with Gasteiger partial charge < -0.3 is 20.2 Å². The average molecular weight is 374 g/mol. The molecule has 1 aromatic rings. The molecule has 1 aromatic carbocycles. The topological polar surface area (TPSA) is 55.8 Å². The van der Waals surface area contributed by atoms with E-state index in [-0.39, 0.29) is 5.92 Å². The summed E-state index contributed by atoms with van der Waals surface area (Å²) in [6.07, 6.45) is 3.69. The van der Waals surface area contributed by atoms with E-state index >= 15 is 0 Å². The van der Waals surface area contributed by atoms with Gasteiger partial charge in [0.15, 0.2) is 0 Å². The molecule has 2 N–H and O–H groups in total. The number of hydrogen-bond donors (Lipinski definition) is 2. The molecule has 2 saturated heterocycles. The summed E-state index contributed by atoms with van der Waals surface area (Å²) in [5, 5.41) is 13.8. The average Bonchev–Trinajstić information content (AvgIpc) is 2.69. The minimum Gasteiger partial charge on any atom is -0.387 e. The van der Waals surface area contributed by atoms with Gasteiger partial charge in [-0.15, -0.1) is 0 Å². The largest absolute Gasteiger partial charge is 0.387 e. The maximum Gasteiger partial charge on any atom is 0.225 e. The Morgan fingerprint density at radius 3 is 2.63 bits per heavy atom. The van der Waals surface area contributed by atoms with Gasteiger partial charge in [0.05, 0.1) is 6.10 Å². The Kier molecular flexibility index (Phi) is 7.27. The van der Waals surface area contributed by atoms with E-state index in [9.17, 15) is 9.90 Å². The molecule has 0 radical (unpaired) electrons. The Morgan fingerprint density at radius 1 is 1.26 bits per heavy atom. The zero-order valence-electron chi connectivity index (χ0n) is 16.8. The summed E-state index contributed by atoms with van der Waals surface area (Å²) in [6, 6.07) is 10.3. The molecule has 2 aliphatic heterocycles. The van der Waals surface area contributed by atoms with Crippen molar-refractivity contribution in [1.29, 1.82) is 0 Å². The number of rotatable bonds is 6. The van der Waals surface area contributed by atoms with E-state index in [4.69, 9.17) is 0 Å². The first-order chi connectivity index (χ1) is 13.0. The second-order valence-corrected chi connectivity index (χ2v) is 8.47. The number of carbonyl (C=O) groups is 1. The summed E-state index contributed by atoms with van der Waals surface area (Å²) in [6.45, 7) is 6.68. The Bertz CT molecular complexity index is 586. The van der Waals surface area contributed by atoms with Crippen molar-refractivity contribution in [2.24, 2.45) is 11.8 Å². The van der Waals surface area contributed by atoms with Crippen LogP contribution in [0, 0.1) is 11.8 Å². The molecular weight excluding hydrogens is 338 g/mol. The van der Waals surface area contributed by atoms with E-state index in [1.54, 1.807) is 0 Å². The van der Waals surface area contributed by atoms with E-state index in [0.717, 1.165) is 57.4 Å². The normalized spacial score (nSPS) is 25.9. The van der Waals surface area contributed by atoms with Crippen molar-refractivity contribution in [2.75, 3.05) is 39.8 Å². The Morgan fingerprint density at radius 2 is 1.96 bits per heavy atom. The maximum atomic E-state index is 12.7. The van der Waals surface area contributed by atoms with E-state index in [1.807, 2.05) is 42.3 Å². The molecule has 0 bridgehead atoms. The van der Waals surface area contributed by atoms with Crippen molar-refractivity contribution in [3.63, 3.8) is 0 Å². The van der Waals surface area contributed by atoms with Gasteiger partial charge in [-0.25, -0.2) is 0 Å². The summed E-state index contributed by atoms with van der Waals surface area (Å²) in [4.78, 5) is 17.1. The number of nitrogens with one attached hydrogen (secondary N) is 1. The van der Waals surface area contributed by atoms with Crippen LogP contribution in [0.25, 0.3) is 0 Å². The molecule has 0 aliphatic carbocycles. The Balaban J connectivity index is 1.40. The molecule has 3 atom stereocenters. The SMILES string of the molecule is C[C@H]1C[C@@H](C(=O)N(C)CC2CCN(CC(O)c3ccccc3)CC2)CCN1. The predicted octanol–water partition coefficient (Wildman–Crippen LogP) is 2.28. The van der Waals surface area contributed by atoms with Crippen molar-refractivity contribution in [1.82, 2.24) is 15.1 Å². The van der Waals surface area contributed by atoms with E-state index in [1.165, 1.54) is 0 Å². The monoisotopic (exact) mass is 373 g/mol. The highest BCUT2D eigenvalue weighted by atomic mass is 16.3. The van der Waals surface area contributed by atoms with E-state index in [0.29, 0.717) is 24.4 Å². The van der Waals surface area contributed by atoms with Gasteiger partial charge in [0.1, 0.15) is 0 Å². The van der Waals surface area contributed by atoms with Gasteiger partial charge in [0.2, 0.25) is 5.91 Å². The third kappa shape index (κ3) is 5.77. The van der Waals surface area contributed by atoms with Gasteiger partial charge >= 0.3 is 0 Å². The number of amides is 1. The summed E-state index contributed by atoms with van der Waals surface area (Å²) in [5.74, 6) is 1.08. The lowest BCUT2D eigenvalue weighted by molar-refractivity contribution is -0.136. The zero-order valence-corrected chi connectivity index (χ0v) is 16.8. The van der Waals surface area contributed by atoms with Gasteiger partial charge in [-0.1, -0.05) is 30.3 Å².